The summed E-state index contributed by atoms with van der Waals surface area (Å²) in [7, 11) is 1.63. The van der Waals surface area contributed by atoms with E-state index in [4.69, 9.17) is 32.7 Å². The van der Waals surface area contributed by atoms with E-state index in [1.807, 2.05) is 42.5 Å². The van der Waals surface area contributed by atoms with Crippen LogP contribution in [0.15, 0.2) is 42.5 Å². The topological polar surface area (TPSA) is 118 Å². The summed E-state index contributed by atoms with van der Waals surface area (Å²) in [5.41, 5.74) is 0.990. The molecule has 0 saturated carbocycles. The van der Waals surface area contributed by atoms with Crippen molar-refractivity contribution in [3.8, 4) is 0 Å². The SMILES string of the molecule is COC1(c2ccccc2)C=C[C](=[Cr])O1.[C-]#[O+].[C-]#[O+].[C-]#[O+].[C-]#[O+].[C-]#[O+]. The molecule has 7 nitrogen and oxygen atoms in total. The van der Waals surface area contributed by atoms with Crippen LogP contribution in [0, 0.1) is 33.3 Å². The van der Waals surface area contributed by atoms with Crippen LogP contribution in [-0.4, -0.2) is 11.7 Å². The first kappa shape index (κ1) is 29.9. The van der Waals surface area contributed by atoms with Gasteiger partial charge in [0, 0.05) is 0 Å². The van der Waals surface area contributed by atoms with E-state index in [1.165, 1.54) is 0 Å². The van der Waals surface area contributed by atoms with Gasteiger partial charge in [-0.05, 0) is 0 Å². The fourth-order valence-electron chi connectivity index (χ4n) is 1.45. The van der Waals surface area contributed by atoms with E-state index >= 15 is 0 Å². The number of benzene rings is 1. The summed E-state index contributed by atoms with van der Waals surface area (Å²) in [6.07, 6.45) is 3.77. The van der Waals surface area contributed by atoms with Crippen molar-refractivity contribution < 1.29 is 48.6 Å². The Hall–Kier alpha value is -2.02. The molecule has 1 aliphatic rings. The average molecular weight is 366 g/mol. The van der Waals surface area contributed by atoms with Crippen LogP contribution in [0.1, 0.15) is 5.56 Å². The Labute approximate surface area is 147 Å². The molecule has 1 heterocycles. The molecule has 1 atom stereocenters. The fraction of sp³-hybridized carbons (Fsp3) is 0.125. The van der Waals surface area contributed by atoms with Gasteiger partial charge < -0.3 is 0 Å². The zero-order valence-corrected chi connectivity index (χ0v) is 13.6. The molecule has 0 fully saturated rings. The summed E-state index contributed by atoms with van der Waals surface area (Å²) in [4.78, 5) is 0. The zero-order chi connectivity index (χ0) is 20.0. The molecule has 2 rings (SSSR count). The summed E-state index contributed by atoms with van der Waals surface area (Å²) in [5.74, 6) is -0.748. The van der Waals surface area contributed by atoms with Gasteiger partial charge in [0.15, 0.2) is 0 Å². The second-order valence-electron chi connectivity index (χ2n) is 2.99. The third-order valence-corrected chi connectivity index (χ3v) is 2.51. The summed E-state index contributed by atoms with van der Waals surface area (Å²) in [5, 5.41) is 0. The van der Waals surface area contributed by atoms with Gasteiger partial charge >= 0.3 is 147 Å². The quantitative estimate of drug-likeness (QED) is 0.583. The number of methoxy groups -OCH3 is 1. The molecular formula is C16H10CrO7. The van der Waals surface area contributed by atoms with Crippen molar-refractivity contribution in [1.29, 1.82) is 0 Å². The van der Waals surface area contributed by atoms with Gasteiger partial charge in [-0.3, -0.25) is 0 Å². The molecule has 0 spiro atoms. The van der Waals surface area contributed by atoms with Gasteiger partial charge in [0.05, 0.1) is 0 Å². The van der Waals surface area contributed by atoms with Gasteiger partial charge in [0.2, 0.25) is 0 Å². The second kappa shape index (κ2) is 23.3. The number of hydrogen-bond acceptors (Lipinski definition) is 2. The Morgan fingerprint density at radius 1 is 0.875 bits per heavy atom. The zero-order valence-electron chi connectivity index (χ0n) is 12.3. The van der Waals surface area contributed by atoms with Gasteiger partial charge in [0.1, 0.15) is 0 Å². The van der Waals surface area contributed by atoms with Crippen LogP contribution in [0.3, 0.4) is 0 Å². The van der Waals surface area contributed by atoms with Crippen molar-refractivity contribution in [3.63, 3.8) is 0 Å². The minimum atomic E-state index is -0.748. The van der Waals surface area contributed by atoms with Crippen molar-refractivity contribution >= 4 is 4.57 Å². The molecule has 1 aliphatic heterocycles. The fourth-order valence-corrected chi connectivity index (χ4v) is 1.75. The van der Waals surface area contributed by atoms with E-state index in [0.717, 1.165) is 10.1 Å². The summed E-state index contributed by atoms with van der Waals surface area (Å²) in [6.45, 7) is 22.5. The summed E-state index contributed by atoms with van der Waals surface area (Å²) in [6, 6.07) is 9.85. The molecule has 1 aromatic rings. The van der Waals surface area contributed by atoms with Crippen LogP contribution in [0.4, 0.5) is 0 Å². The second-order valence-corrected chi connectivity index (χ2v) is 3.62. The van der Waals surface area contributed by atoms with Gasteiger partial charge in [-0.1, -0.05) is 0 Å². The Kier molecular flexibility index (Phi) is 29.0. The molecule has 0 saturated heterocycles. The van der Waals surface area contributed by atoms with Crippen LogP contribution in [0.2, 0.25) is 0 Å². The summed E-state index contributed by atoms with van der Waals surface area (Å²) >= 11 is 2.83. The van der Waals surface area contributed by atoms with Crippen molar-refractivity contribution in [3.05, 3.63) is 81.3 Å². The molecule has 0 amide bonds. The minimum absolute atomic E-state index is 0.746. The Morgan fingerprint density at radius 2 is 1.29 bits per heavy atom. The number of ether oxygens (including phenoxy) is 2. The van der Waals surface area contributed by atoms with Gasteiger partial charge in [-0.25, -0.2) is 0 Å². The van der Waals surface area contributed by atoms with Gasteiger partial charge in [-0.2, -0.15) is 0 Å². The molecule has 1 unspecified atom stereocenters. The normalized spacial score (nSPS) is 15.4. The predicted octanol–water partition coefficient (Wildman–Crippen LogP) is 1.56. The van der Waals surface area contributed by atoms with Crippen LogP contribution in [0.5, 0.6) is 0 Å². The van der Waals surface area contributed by atoms with Gasteiger partial charge in [-0.15, -0.1) is 0 Å². The van der Waals surface area contributed by atoms with Crippen LogP contribution < -0.4 is 0 Å². The molecule has 0 bridgehead atoms. The molecule has 122 valence electrons. The van der Waals surface area contributed by atoms with E-state index in [9.17, 15) is 0 Å². The maximum absolute atomic E-state index is 7.50. The molecule has 8 heteroatoms. The van der Waals surface area contributed by atoms with E-state index in [0.29, 0.717) is 0 Å². The third-order valence-electron chi connectivity index (χ3n) is 2.17. The number of rotatable bonds is 2. The van der Waals surface area contributed by atoms with Crippen molar-refractivity contribution in [2.75, 3.05) is 7.11 Å². The molecule has 1 aromatic carbocycles. The Bertz CT molecular complexity index is 535. The van der Waals surface area contributed by atoms with Crippen molar-refractivity contribution in [2.24, 2.45) is 0 Å². The van der Waals surface area contributed by atoms with Crippen LogP contribution in [0.25, 0.3) is 0 Å². The van der Waals surface area contributed by atoms with E-state index in [-0.39, 0.29) is 0 Å². The molecule has 24 heavy (non-hydrogen) atoms. The first-order valence-electron chi connectivity index (χ1n) is 5.32. The molecule has 0 aliphatic carbocycles. The van der Waals surface area contributed by atoms with Crippen LogP contribution >= 0.6 is 0 Å². The number of hydrogen-bond donors (Lipinski definition) is 0. The first-order valence-corrected chi connectivity index (χ1v) is 5.95. The molecule has 0 aromatic heterocycles. The van der Waals surface area contributed by atoms with Crippen LogP contribution in [-0.2, 0) is 54.4 Å². The third kappa shape index (κ3) is 10.7. The first-order chi connectivity index (χ1) is 11.8. The molecule has 0 N–H and O–H groups in total. The Balaban J connectivity index is -0.000000173. The van der Waals surface area contributed by atoms with E-state index in [1.54, 1.807) is 7.11 Å². The standard InChI is InChI=1S/C11H10O2.5CO.Cr/c1-12-11(8-5-9-13-11)10-6-3-2-4-7-10;5*1-2;/h2-8H,1H3;;;;;;. The predicted molar refractivity (Wildman–Crippen MR) is 70.0 cm³/mol. The summed E-state index contributed by atoms with van der Waals surface area (Å²) < 4.78 is 49.3. The van der Waals surface area contributed by atoms with Gasteiger partial charge in [0.25, 0.3) is 0 Å². The van der Waals surface area contributed by atoms with Crippen molar-refractivity contribution in [2.45, 2.75) is 5.79 Å². The Morgan fingerprint density at radius 3 is 1.58 bits per heavy atom. The average Bonchev–Trinajstić information content (AvgIpc) is 3.13. The van der Waals surface area contributed by atoms with Crippen molar-refractivity contribution in [1.82, 2.24) is 0 Å². The monoisotopic (exact) mass is 366 g/mol. The van der Waals surface area contributed by atoms with E-state index in [2.05, 4.69) is 49.1 Å². The molecular weight excluding hydrogens is 356 g/mol. The van der Waals surface area contributed by atoms with E-state index < -0.39 is 5.79 Å². The molecule has 0 radical (unpaired) electrons. The maximum atomic E-state index is 7.50.